The molecule has 0 aliphatic heterocycles. The third-order valence-corrected chi connectivity index (χ3v) is 36.0. The quantitative estimate of drug-likeness (QED) is 0.452. The Kier molecular flexibility index (Phi) is 8.34. The molecule has 1 atom stereocenters. The van der Waals surface area contributed by atoms with Crippen LogP contribution in [0.4, 0.5) is 0 Å². The molecule has 2 aromatic carbocycles. The number of benzene rings is 2. The van der Waals surface area contributed by atoms with Crippen LogP contribution in [0.15, 0.2) is 66.8 Å². The van der Waals surface area contributed by atoms with Crippen molar-refractivity contribution in [3.8, 4) is 0 Å². The van der Waals surface area contributed by atoms with Gasteiger partial charge in [0.1, 0.15) is 0 Å². The van der Waals surface area contributed by atoms with Gasteiger partial charge in [-0.15, -0.1) is 0 Å². The SMILES string of the molecule is Cc1cc(C)cc(C2=Cc3ccccc3[CH]2[Hf+2]([CH]2C=CC=C2)[SiH](C)C)c1.[Cl-].[Cl-]. The van der Waals surface area contributed by atoms with Gasteiger partial charge in [0, 0.05) is 0 Å². The van der Waals surface area contributed by atoms with E-state index in [1.807, 2.05) is 0 Å². The molecule has 0 heterocycles. The number of halogens is 2. The summed E-state index contributed by atoms with van der Waals surface area (Å²) in [5.41, 5.74) is 8.94. The van der Waals surface area contributed by atoms with E-state index in [-0.39, 0.29) is 24.8 Å². The van der Waals surface area contributed by atoms with Crippen molar-refractivity contribution in [1.82, 2.24) is 0 Å². The molecule has 4 rings (SSSR count). The minimum atomic E-state index is -1.93. The summed E-state index contributed by atoms with van der Waals surface area (Å²) in [7, 11) is 0. The molecule has 0 saturated heterocycles. The van der Waals surface area contributed by atoms with E-state index in [1.54, 1.807) is 11.1 Å². The number of aryl methyl sites for hydroxylation is 2. The first-order chi connectivity index (χ1) is 12.5. The second-order valence-electron chi connectivity index (χ2n) is 7.99. The van der Waals surface area contributed by atoms with Crippen LogP contribution in [-0.2, 0) is 20.6 Å². The van der Waals surface area contributed by atoms with E-state index in [2.05, 4.69) is 99.8 Å². The molecule has 0 radical (unpaired) electrons. The van der Waals surface area contributed by atoms with Crippen molar-refractivity contribution < 1.29 is 45.4 Å². The summed E-state index contributed by atoms with van der Waals surface area (Å²) in [6.45, 7) is 9.69. The zero-order valence-corrected chi connectivity index (χ0v) is 23.2. The first kappa shape index (κ1) is 23.6. The Morgan fingerprint density at radius 2 is 1.46 bits per heavy atom. The Balaban J connectivity index is 0.00000140. The van der Waals surface area contributed by atoms with Crippen LogP contribution in [-0.4, -0.2) is 5.98 Å². The molecule has 0 fully saturated rings. The summed E-state index contributed by atoms with van der Waals surface area (Å²) >= 11 is -1.93. The molecule has 4 heteroatoms. The van der Waals surface area contributed by atoms with Crippen LogP contribution in [0.25, 0.3) is 11.6 Å². The minimum absolute atomic E-state index is 0. The van der Waals surface area contributed by atoms with Crippen molar-refractivity contribution in [2.75, 3.05) is 0 Å². The summed E-state index contributed by atoms with van der Waals surface area (Å²) in [4.78, 5) is 0. The van der Waals surface area contributed by atoms with Crippen molar-refractivity contribution in [3.05, 3.63) is 94.6 Å². The molecule has 2 aromatic rings. The van der Waals surface area contributed by atoms with Crippen LogP contribution in [0.5, 0.6) is 0 Å². The van der Waals surface area contributed by atoms with Gasteiger partial charge in [-0.1, -0.05) is 0 Å². The smallest absolute Gasteiger partial charge is 1.00 e. The van der Waals surface area contributed by atoms with Gasteiger partial charge in [-0.2, -0.15) is 0 Å². The minimum Gasteiger partial charge on any atom is -1.00 e. The molecule has 0 aromatic heterocycles. The zero-order valence-electron chi connectivity index (χ0n) is 16.9. The Hall–Kier alpha value is -0.673. The van der Waals surface area contributed by atoms with Crippen molar-refractivity contribution in [3.63, 3.8) is 0 Å². The molecule has 0 bridgehead atoms. The first-order valence-corrected chi connectivity index (χ1v) is 22.9. The molecule has 28 heavy (non-hydrogen) atoms. The molecule has 0 spiro atoms. The molecule has 145 valence electrons. The van der Waals surface area contributed by atoms with Gasteiger partial charge >= 0.3 is 167 Å². The first-order valence-electron chi connectivity index (χ1n) is 9.65. The van der Waals surface area contributed by atoms with E-state index in [9.17, 15) is 0 Å². The van der Waals surface area contributed by atoms with Gasteiger partial charge in [-0.25, -0.2) is 0 Å². The average Bonchev–Trinajstić information content (AvgIpc) is 3.23. The molecule has 0 nitrogen and oxygen atoms in total. The van der Waals surface area contributed by atoms with Crippen LogP contribution < -0.4 is 24.8 Å². The monoisotopic (exact) mass is 593 g/mol. The molecular weight excluding hydrogens is 566 g/mol. The van der Waals surface area contributed by atoms with Crippen LogP contribution in [0.3, 0.4) is 0 Å². The maximum Gasteiger partial charge on any atom is -1.00 e. The molecule has 0 saturated carbocycles. The van der Waals surface area contributed by atoms with E-state index in [1.165, 1.54) is 22.3 Å². The largest absolute Gasteiger partial charge is 1.00 e. The second-order valence-corrected chi connectivity index (χ2v) is 36.3. The van der Waals surface area contributed by atoms with Crippen molar-refractivity contribution in [1.29, 1.82) is 0 Å². The van der Waals surface area contributed by atoms with Gasteiger partial charge in [0.2, 0.25) is 0 Å². The molecule has 2 aliphatic rings. The van der Waals surface area contributed by atoms with Crippen LogP contribution in [0.2, 0.25) is 16.8 Å². The fourth-order valence-electron chi connectivity index (χ4n) is 4.64. The average molecular weight is 593 g/mol. The van der Waals surface area contributed by atoms with E-state index in [0.29, 0.717) is 0 Å². The van der Waals surface area contributed by atoms with Crippen LogP contribution in [0.1, 0.15) is 31.5 Å². The summed E-state index contributed by atoms with van der Waals surface area (Å²) in [5.74, 6) is -0.668. The summed E-state index contributed by atoms with van der Waals surface area (Å²) in [6.07, 6.45) is 12.1. The van der Waals surface area contributed by atoms with Crippen molar-refractivity contribution >= 4 is 17.6 Å². The number of allylic oxidation sites excluding steroid dienone is 5. The Morgan fingerprint density at radius 3 is 2.07 bits per heavy atom. The Bertz CT molecular complexity index is 898. The van der Waals surface area contributed by atoms with E-state index in [0.717, 1.165) is 7.35 Å². The van der Waals surface area contributed by atoms with Crippen molar-refractivity contribution in [2.45, 2.75) is 34.3 Å². The third kappa shape index (κ3) is 4.56. The molecule has 1 unspecified atom stereocenters. The number of rotatable bonds is 4. The number of hydrogen-bond donors (Lipinski definition) is 0. The Morgan fingerprint density at radius 1 is 0.857 bits per heavy atom. The van der Waals surface area contributed by atoms with Gasteiger partial charge < -0.3 is 24.8 Å². The standard InChI is InChI=1S/C17H15.C5H5.C2H7Si.2ClH.Hf/c1-12-7-13(2)9-16(8-12)17-10-14-5-3-4-6-15(14)11-17;1-2-4-5-3-1;1-3-2;;;/h3-11H,1-2H3;1-5H;3H,1-2H3;2*1H;/q;;;;;+2/p-2. The van der Waals surface area contributed by atoms with Gasteiger partial charge in [0.15, 0.2) is 0 Å². The fourth-order valence-corrected chi connectivity index (χ4v) is 34.5. The van der Waals surface area contributed by atoms with Gasteiger partial charge in [-0.3, -0.25) is 0 Å². The van der Waals surface area contributed by atoms with Gasteiger partial charge in [-0.05, 0) is 0 Å². The summed E-state index contributed by atoms with van der Waals surface area (Å²) in [5, 5.41) is 0. The maximum absolute atomic E-state index is 2.61. The number of fused-ring (bicyclic) bond motifs is 1. The zero-order chi connectivity index (χ0) is 18.3. The van der Waals surface area contributed by atoms with E-state index >= 15 is 0 Å². The van der Waals surface area contributed by atoms with Crippen molar-refractivity contribution in [2.24, 2.45) is 0 Å². The van der Waals surface area contributed by atoms with Gasteiger partial charge in [0.25, 0.3) is 0 Å². The van der Waals surface area contributed by atoms with E-state index in [4.69, 9.17) is 0 Å². The van der Waals surface area contributed by atoms with Gasteiger partial charge in [0.05, 0.1) is 0 Å². The topological polar surface area (TPSA) is 0 Å². The van der Waals surface area contributed by atoms with E-state index < -0.39 is 26.6 Å². The predicted octanol–water partition coefficient (Wildman–Crippen LogP) is 0.423. The molecule has 0 amide bonds. The molecule has 0 N–H and O–H groups in total. The fraction of sp³-hybridized carbons (Fsp3) is 0.250. The Labute approximate surface area is 190 Å². The molecule has 2 aliphatic carbocycles. The maximum atomic E-state index is 2.61. The van der Waals surface area contributed by atoms with Crippen LogP contribution >= 0.6 is 0 Å². The third-order valence-electron chi connectivity index (χ3n) is 5.62. The summed E-state index contributed by atoms with van der Waals surface area (Å²) < 4.78 is 1.51. The predicted molar refractivity (Wildman–Crippen MR) is 114 cm³/mol. The summed E-state index contributed by atoms with van der Waals surface area (Å²) in [6, 6.07) is 16.3. The number of hydrogen-bond acceptors (Lipinski definition) is 0. The van der Waals surface area contributed by atoms with Crippen LogP contribution in [0, 0.1) is 13.8 Å². The normalized spacial score (nSPS) is 17.2. The molecular formula is C24H27Cl2HfSi. The second kappa shape index (κ2) is 9.89.